The third-order valence-electron chi connectivity index (χ3n) is 1.77. The number of carboxylic acid groups (broad SMARTS) is 1. The highest BCUT2D eigenvalue weighted by Crippen LogP contribution is 1.91. The maximum Gasteiger partial charge on any atom is 0.328 e. The van der Waals surface area contributed by atoms with Gasteiger partial charge in [-0.2, -0.15) is 0 Å². The molecule has 5 nitrogen and oxygen atoms in total. The van der Waals surface area contributed by atoms with Gasteiger partial charge in [-0.1, -0.05) is 0 Å². The maximum atomic E-state index is 11.2. The lowest BCUT2D eigenvalue weighted by Crippen LogP contribution is -2.51. The van der Waals surface area contributed by atoms with Gasteiger partial charge in [-0.15, -0.1) is 0 Å². The van der Waals surface area contributed by atoms with Crippen LogP contribution in [0.15, 0.2) is 12.2 Å². The van der Waals surface area contributed by atoms with Crippen molar-refractivity contribution in [2.45, 2.75) is 6.04 Å². The Morgan fingerprint density at radius 2 is 2.08 bits per heavy atom. The molecule has 0 aliphatic carbocycles. The maximum absolute atomic E-state index is 11.2. The van der Waals surface area contributed by atoms with Crippen molar-refractivity contribution >= 4 is 11.8 Å². The van der Waals surface area contributed by atoms with E-state index in [1.807, 2.05) is 0 Å². The predicted molar refractivity (Wildman–Crippen MR) is 46.4 cm³/mol. The molecule has 0 aromatic rings. The number of carboxylic acids is 1. The van der Waals surface area contributed by atoms with Crippen LogP contribution in [0.1, 0.15) is 0 Å². The fraction of sp³-hybridized carbons (Fsp3) is 0.500. The number of rotatable bonds is 3. The SMILES string of the molecule is O=C(O)/C=C/C(=O)C1CNCCN1. The quantitative estimate of drug-likeness (QED) is 0.478. The van der Waals surface area contributed by atoms with Gasteiger partial charge in [0.25, 0.3) is 0 Å². The van der Waals surface area contributed by atoms with E-state index in [2.05, 4.69) is 10.6 Å². The normalized spacial score (nSPS) is 23.2. The zero-order chi connectivity index (χ0) is 9.68. The van der Waals surface area contributed by atoms with Crippen molar-refractivity contribution in [1.82, 2.24) is 10.6 Å². The summed E-state index contributed by atoms with van der Waals surface area (Å²) < 4.78 is 0. The molecule has 3 N–H and O–H groups in total. The number of hydrogen-bond acceptors (Lipinski definition) is 4. The highest BCUT2D eigenvalue weighted by molar-refractivity contribution is 5.98. The van der Waals surface area contributed by atoms with Crippen molar-refractivity contribution in [2.75, 3.05) is 19.6 Å². The third-order valence-corrected chi connectivity index (χ3v) is 1.77. The van der Waals surface area contributed by atoms with E-state index in [1.165, 1.54) is 0 Å². The molecule has 1 unspecified atom stereocenters. The molecule has 1 saturated heterocycles. The van der Waals surface area contributed by atoms with Gasteiger partial charge in [-0.3, -0.25) is 4.79 Å². The first kappa shape index (κ1) is 9.88. The molecular formula is C8H12N2O3. The van der Waals surface area contributed by atoms with E-state index < -0.39 is 5.97 Å². The van der Waals surface area contributed by atoms with Gasteiger partial charge in [0.15, 0.2) is 5.78 Å². The van der Waals surface area contributed by atoms with Crippen LogP contribution < -0.4 is 10.6 Å². The molecule has 0 aromatic carbocycles. The largest absolute Gasteiger partial charge is 0.478 e. The number of aliphatic carboxylic acids is 1. The standard InChI is InChI=1S/C8H12N2O3/c11-7(1-2-8(12)13)6-5-9-3-4-10-6/h1-2,6,9-10H,3-5H2,(H,12,13)/b2-1+. The summed E-state index contributed by atoms with van der Waals surface area (Å²) in [4.78, 5) is 21.4. The van der Waals surface area contributed by atoms with Crippen LogP contribution in [-0.4, -0.2) is 42.5 Å². The molecule has 1 atom stereocenters. The molecule has 0 radical (unpaired) electrons. The Labute approximate surface area is 75.8 Å². The van der Waals surface area contributed by atoms with Crippen LogP contribution in [0, 0.1) is 0 Å². The van der Waals surface area contributed by atoms with Crippen LogP contribution in [0.3, 0.4) is 0 Å². The van der Waals surface area contributed by atoms with Crippen molar-refractivity contribution in [2.24, 2.45) is 0 Å². The van der Waals surface area contributed by atoms with Crippen LogP contribution >= 0.6 is 0 Å². The summed E-state index contributed by atoms with van der Waals surface area (Å²) in [5.41, 5.74) is 0. The summed E-state index contributed by atoms with van der Waals surface area (Å²) in [6.45, 7) is 2.13. The molecule has 1 fully saturated rings. The lowest BCUT2D eigenvalue weighted by Gasteiger charge is -2.21. The molecule has 1 heterocycles. The van der Waals surface area contributed by atoms with Crippen LogP contribution in [0.4, 0.5) is 0 Å². The van der Waals surface area contributed by atoms with E-state index >= 15 is 0 Å². The van der Waals surface area contributed by atoms with Crippen molar-refractivity contribution in [3.63, 3.8) is 0 Å². The molecule has 1 aliphatic heterocycles. The van der Waals surface area contributed by atoms with E-state index in [0.717, 1.165) is 25.2 Å². The molecule has 0 amide bonds. The van der Waals surface area contributed by atoms with Gasteiger partial charge in [0.2, 0.25) is 0 Å². The van der Waals surface area contributed by atoms with Crippen molar-refractivity contribution in [3.8, 4) is 0 Å². The zero-order valence-corrected chi connectivity index (χ0v) is 7.12. The monoisotopic (exact) mass is 184 g/mol. The van der Waals surface area contributed by atoms with Crippen molar-refractivity contribution in [3.05, 3.63) is 12.2 Å². The predicted octanol–water partition coefficient (Wildman–Crippen LogP) is -1.24. The second kappa shape index (κ2) is 4.74. The number of ketones is 1. The molecule has 1 aliphatic rings. The molecule has 72 valence electrons. The fourth-order valence-electron chi connectivity index (χ4n) is 1.12. The topological polar surface area (TPSA) is 78.4 Å². The Hall–Kier alpha value is -1.20. The fourth-order valence-corrected chi connectivity index (χ4v) is 1.12. The number of nitrogens with one attached hydrogen (secondary N) is 2. The summed E-state index contributed by atoms with van der Waals surface area (Å²) in [6.07, 6.45) is 1.95. The van der Waals surface area contributed by atoms with Crippen molar-refractivity contribution in [1.29, 1.82) is 0 Å². The van der Waals surface area contributed by atoms with Gasteiger partial charge < -0.3 is 15.7 Å². The first-order chi connectivity index (χ1) is 6.20. The summed E-state index contributed by atoms with van der Waals surface area (Å²) in [5.74, 6) is -1.30. The van der Waals surface area contributed by atoms with E-state index in [1.54, 1.807) is 0 Å². The molecule has 13 heavy (non-hydrogen) atoms. The molecule has 5 heteroatoms. The van der Waals surface area contributed by atoms with Gasteiger partial charge in [0.05, 0.1) is 6.04 Å². The molecule has 1 rings (SSSR count). The Balaban J connectivity index is 2.41. The van der Waals surface area contributed by atoms with Crippen LogP contribution in [0.5, 0.6) is 0 Å². The number of carbonyl (C=O) groups excluding carboxylic acids is 1. The highest BCUT2D eigenvalue weighted by atomic mass is 16.4. The molecule has 0 bridgehead atoms. The second-order valence-corrected chi connectivity index (χ2v) is 2.78. The highest BCUT2D eigenvalue weighted by Gasteiger charge is 2.17. The summed E-state index contributed by atoms with van der Waals surface area (Å²) in [6, 6.07) is -0.288. The van der Waals surface area contributed by atoms with Gasteiger partial charge in [0.1, 0.15) is 0 Å². The van der Waals surface area contributed by atoms with E-state index in [0.29, 0.717) is 6.54 Å². The number of hydrogen-bond donors (Lipinski definition) is 3. The lowest BCUT2D eigenvalue weighted by molar-refractivity contribution is -0.131. The Bertz CT molecular complexity index is 232. The Morgan fingerprint density at radius 1 is 1.31 bits per heavy atom. The first-order valence-electron chi connectivity index (χ1n) is 4.09. The number of carbonyl (C=O) groups is 2. The summed E-state index contributed by atoms with van der Waals surface area (Å²) >= 11 is 0. The van der Waals surface area contributed by atoms with E-state index in [9.17, 15) is 9.59 Å². The molecule has 0 spiro atoms. The minimum atomic E-state index is -1.10. The van der Waals surface area contributed by atoms with Crippen LogP contribution in [0.2, 0.25) is 0 Å². The van der Waals surface area contributed by atoms with Gasteiger partial charge in [0, 0.05) is 25.7 Å². The van der Waals surface area contributed by atoms with Gasteiger partial charge in [-0.25, -0.2) is 4.79 Å². The Morgan fingerprint density at radius 3 is 2.62 bits per heavy atom. The van der Waals surface area contributed by atoms with Gasteiger partial charge >= 0.3 is 5.97 Å². The minimum Gasteiger partial charge on any atom is -0.478 e. The zero-order valence-electron chi connectivity index (χ0n) is 7.12. The van der Waals surface area contributed by atoms with Gasteiger partial charge in [-0.05, 0) is 6.08 Å². The number of piperazine rings is 1. The first-order valence-corrected chi connectivity index (χ1v) is 4.09. The van der Waals surface area contributed by atoms with E-state index in [4.69, 9.17) is 5.11 Å². The average molecular weight is 184 g/mol. The smallest absolute Gasteiger partial charge is 0.328 e. The third kappa shape index (κ3) is 3.35. The van der Waals surface area contributed by atoms with E-state index in [-0.39, 0.29) is 11.8 Å². The Kier molecular flexibility index (Phi) is 3.60. The molecule has 0 saturated carbocycles. The lowest BCUT2D eigenvalue weighted by atomic mass is 10.1. The average Bonchev–Trinajstić information content (AvgIpc) is 2.15. The van der Waals surface area contributed by atoms with Crippen LogP contribution in [0.25, 0.3) is 0 Å². The summed E-state index contributed by atoms with van der Waals surface area (Å²) in [7, 11) is 0. The second-order valence-electron chi connectivity index (χ2n) is 2.78. The van der Waals surface area contributed by atoms with Crippen LogP contribution in [-0.2, 0) is 9.59 Å². The van der Waals surface area contributed by atoms with Crippen molar-refractivity contribution < 1.29 is 14.7 Å². The molecular weight excluding hydrogens is 172 g/mol. The summed E-state index contributed by atoms with van der Waals surface area (Å²) in [5, 5.41) is 14.3. The minimum absolute atomic E-state index is 0.199. The molecule has 0 aromatic heterocycles.